The fraction of sp³-hybridized carbons (Fsp3) is 0.500. The summed E-state index contributed by atoms with van der Waals surface area (Å²) in [7, 11) is 1.99. The lowest BCUT2D eigenvalue weighted by molar-refractivity contribution is 0.139. The molecule has 0 fully saturated rings. The molecule has 16 heavy (non-hydrogen) atoms. The number of rotatable bonds is 4. The van der Waals surface area contributed by atoms with E-state index in [1.54, 1.807) is 18.3 Å². The molecule has 1 aromatic heterocycles. The van der Waals surface area contributed by atoms with E-state index in [0.717, 1.165) is 12.1 Å². The highest BCUT2D eigenvalue weighted by Gasteiger charge is 2.07. The fourth-order valence-electron chi connectivity index (χ4n) is 1.48. The van der Waals surface area contributed by atoms with Crippen LogP contribution >= 0.6 is 11.3 Å². The van der Waals surface area contributed by atoms with Crippen molar-refractivity contribution in [3.63, 3.8) is 0 Å². The molecule has 1 unspecified atom stereocenters. The Morgan fingerprint density at radius 3 is 3.00 bits per heavy atom. The molecule has 1 rings (SSSR count). The predicted octanol–water partition coefficient (Wildman–Crippen LogP) is 0.871. The zero-order valence-corrected chi connectivity index (χ0v) is 10.5. The molecule has 0 aliphatic rings. The zero-order chi connectivity index (χ0) is 12.0. The van der Waals surface area contributed by atoms with Crippen molar-refractivity contribution in [2.45, 2.75) is 19.6 Å². The number of aliphatic hydroxyl groups excluding tert-OH is 1. The molecule has 1 aromatic rings. The van der Waals surface area contributed by atoms with Gasteiger partial charge in [0.25, 0.3) is 0 Å². The number of nitrogens with two attached hydrogens (primary N) is 1. The molecule has 4 heteroatoms. The number of likely N-dealkylation sites (N-methyl/N-ethyl adjacent to an activating group) is 1. The van der Waals surface area contributed by atoms with E-state index in [1.165, 1.54) is 4.88 Å². The number of thiophene rings is 1. The molecule has 0 aromatic carbocycles. The lowest BCUT2D eigenvalue weighted by Gasteiger charge is -2.17. The van der Waals surface area contributed by atoms with E-state index >= 15 is 0 Å². The normalized spacial score (nSPS) is 12.3. The molecule has 0 radical (unpaired) electrons. The first kappa shape index (κ1) is 13.2. The van der Waals surface area contributed by atoms with Gasteiger partial charge in [0, 0.05) is 23.5 Å². The van der Waals surface area contributed by atoms with Gasteiger partial charge in [0.2, 0.25) is 0 Å². The minimum atomic E-state index is -0.302. The quantitative estimate of drug-likeness (QED) is 0.765. The van der Waals surface area contributed by atoms with Crippen molar-refractivity contribution in [2.75, 3.05) is 20.1 Å². The smallest absolute Gasteiger partial charge is 0.0639 e. The van der Waals surface area contributed by atoms with Crippen LogP contribution in [0, 0.1) is 11.8 Å². The zero-order valence-electron chi connectivity index (χ0n) is 9.73. The van der Waals surface area contributed by atoms with Crippen molar-refractivity contribution in [1.29, 1.82) is 0 Å². The molecule has 0 spiro atoms. The Balaban J connectivity index is 2.63. The Kier molecular flexibility index (Phi) is 5.50. The van der Waals surface area contributed by atoms with Crippen molar-refractivity contribution in [1.82, 2.24) is 4.90 Å². The lowest BCUT2D eigenvalue weighted by atomic mass is 10.2. The van der Waals surface area contributed by atoms with Gasteiger partial charge in [-0.25, -0.2) is 0 Å². The van der Waals surface area contributed by atoms with Crippen LogP contribution < -0.4 is 5.73 Å². The monoisotopic (exact) mass is 238 g/mol. The third-order valence-corrected chi connectivity index (χ3v) is 2.97. The van der Waals surface area contributed by atoms with Crippen LogP contribution in [0.1, 0.15) is 17.4 Å². The second-order valence-electron chi connectivity index (χ2n) is 3.81. The third-order valence-electron chi connectivity index (χ3n) is 2.06. The summed E-state index contributed by atoms with van der Waals surface area (Å²) in [6, 6.07) is 2.01. The minimum absolute atomic E-state index is 0.302. The van der Waals surface area contributed by atoms with Crippen molar-refractivity contribution in [3.05, 3.63) is 21.9 Å². The lowest BCUT2D eigenvalue weighted by Crippen LogP contribution is -2.26. The molecule has 1 heterocycles. The maximum absolute atomic E-state index is 9.28. The van der Waals surface area contributed by atoms with Crippen LogP contribution in [0.4, 0.5) is 0 Å². The Morgan fingerprint density at radius 1 is 1.62 bits per heavy atom. The molecule has 1 atom stereocenters. The van der Waals surface area contributed by atoms with Crippen LogP contribution in [0.5, 0.6) is 0 Å². The number of nitrogens with zero attached hydrogens (tertiary/aromatic N) is 1. The van der Waals surface area contributed by atoms with E-state index in [2.05, 4.69) is 16.7 Å². The van der Waals surface area contributed by atoms with Gasteiger partial charge in [-0.3, -0.25) is 4.90 Å². The highest BCUT2D eigenvalue weighted by atomic mass is 32.1. The standard InChI is InChI=1S/C12H18N2OS/c1-10(15)8-14(2)9-12-11(4-3-6-13)5-7-16-12/h5,7,10,15H,6,8-9,13H2,1-2H3. The average Bonchev–Trinajstić information content (AvgIpc) is 2.61. The highest BCUT2D eigenvalue weighted by Crippen LogP contribution is 2.17. The predicted molar refractivity (Wildman–Crippen MR) is 68.3 cm³/mol. The number of aliphatic hydroxyl groups is 1. The summed E-state index contributed by atoms with van der Waals surface area (Å²) >= 11 is 1.69. The van der Waals surface area contributed by atoms with Gasteiger partial charge in [0.15, 0.2) is 0 Å². The van der Waals surface area contributed by atoms with Gasteiger partial charge in [-0.05, 0) is 25.4 Å². The summed E-state index contributed by atoms with van der Waals surface area (Å²) in [6.07, 6.45) is -0.302. The Hall–Kier alpha value is -0.860. The molecule has 0 aliphatic carbocycles. The van der Waals surface area contributed by atoms with E-state index in [0.29, 0.717) is 13.1 Å². The number of hydrogen-bond donors (Lipinski definition) is 2. The number of hydrogen-bond acceptors (Lipinski definition) is 4. The first-order valence-electron chi connectivity index (χ1n) is 5.25. The second kappa shape index (κ2) is 6.66. The van der Waals surface area contributed by atoms with Crippen molar-refractivity contribution >= 4 is 11.3 Å². The van der Waals surface area contributed by atoms with E-state index in [1.807, 2.05) is 18.5 Å². The van der Waals surface area contributed by atoms with Gasteiger partial charge < -0.3 is 10.8 Å². The Labute approximate surface area is 101 Å². The van der Waals surface area contributed by atoms with Gasteiger partial charge in [-0.15, -0.1) is 11.3 Å². The van der Waals surface area contributed by atoms with E-state index in [4.69, 9.17) is 5.73 Å². The Morgan fingerprint density at radius 2 is 2.38 bits per heavy atom. The molecular weight excluding hydrogens is 220 g/mol. The van der Waals surface area contributed by atoms with Crippen LogP contribution in [0.15, 0.2) is 11.4 Å². The third kappa shape index (κ3) is 4.33. The summed E-state index contributed by atoms with van der Waals surface area (Å²) in [5.74, 6) is 5.92. The van der Waals surface area contributed by atoms with Crippen LogP contribution in [-0.2, 0) is 6.54 Å². The summed E-state index contributed by atoms with van der Waals surface area (Å²) in [5.41, 5.74) is 6.40. The summed E-state index contributed by atoms with van der Waals surface area (Å²) in [6.45, 7) is 3.66. The Bertz CT molecular complexity index is 376. The molecule has 3 nitrogen and oxygen atoms in total. The molecule has 3 N–H and O–H groups in total. The molecule has 0 saturated carbocycles. The molecule has 0 aliphatic heterocycles. The summed E-state index contributed by atoms with van der Waals surface area (Å²) < 4.78 is 0. The fourth-order valence-corrected chi connectivity index (χ4v) is 2.39. The topological polar surface area (TPSA) is 49.5 Å². The van der Waals surface area contributed by atoms with Crippen LogP contribution in [0.3, 0.4) is 0 Å². The average molecular weight is 238 g/mol. The van der Waals surface area contributed by atoms with Crippen LogP contribution in [-0.4, -0.2) is 36.2 Å². The van der Waals surface area contributed by atoms with Gasteiger partial charge >= 0.3 is 0 Å². The summed E-state index contributed by atoms with van der Waals surface area (Å²) in [4.78, 5) is 3.31. The largest absolute Gasteiger partial charge is 0.392 e. The molecular formula is C12H18N2OS. The van der Waals surface area contributed by atoms with Crippen LogP contribution in [0.2, 0.25) is 0 Å². The van der Waals surface area contributed by atoms with Gasteiger partial charge in [0.1, 0.15) is 0 Å². The minimum Gasteiger partial charge on any atom is -0.392 e. The second-order valence-corrected chi connectivity index (χ2v) is 4.81. The van der Waals surface area contributed by atoms with Crippen molar-refractivity contribution in [3.8, 4) is 11.8 Å². The van der Waals surface area contributed by atoms with Gasteiger partial charge in [-0.1, -0.05) is 11.8 Å². The van der Waals surface area contributed by atoms with E-state index < -0.39 is 0 Å². The molecule has 0 amide bonds. The van der Waals surface area contributed by atoms with Crippen molar-refractivity contribution in [2.24, 2.45) is 5.73 Å². The SMILES string of the molecule is CC(O)CN(C)Cc1sccc1C#CCN. The maximum atomic E-state index is 9.28. The van der Waals surface area contributed by atoms with Crippen molar-refractivity contribution < 1.29 is 5.11 Å². The molecule has 88 valence electrons. The van der Waals surface area contributed by atoms with Crippen LogP contribution in [0.25, 0.3) is 0 Å². The first-order chi connectivity index (χ1) is 7.63. The molecule has 0 saturated heterocycles. The molecule has 0 bridgehead atoms. The van der Waals surface area contributed by atoms with E-state index in [-0.39, 0.29) is 6.10 Å². The maximum Gasteiger partial charge on any atom is 0.0639 e. The first-order valence-corrected chi connectivity index (χ1v) is 6.13. The van der Waals surface area contributed by atoms with E-state index in [9.17, 15) is 5.11 Å². The van der Waals surface area contributed by atoms with Gasteiger partial charge in [0.05, 0.1) is 12.6 Å². The van der Waals surface area contributed by atoms with Gasteiger partial charge in [-0.2, -0.15) is 0 Å². The summed E-state index contributed by atoms with van der Waals surface area (Å²) in [5, 5.41) is 11.3. The highest BCUT2D eigenvalue weighted by molar-refractivity contribution is 7.10.